The third-order valence-corrected chi connectivity index (χ3v) is 5.41. The van der Waals surface area contributed by atoms with Crippen molar-refractivity contribution in [1.29, 1.82) is 0 Å². The van der Waals surface area contributed by atoms with Gasteiger partial charge in [0.05, 0.1) is 6.26 Å². The van der Waals surface area contributed by atoms with E-state index in [4.69, 9.17) is 4.42 Å². The molecule has 0 spiro atoms. The summed E-state index contributed by atoms with van der Waals surface area (Å²) in [4.78, 5) is 31.2. The molecule has 1 aromatic carbocycles. The first-order chi connectivity index (χ1) is 13.2. The summed E-state index contributed by atoms with van der Waals surface area (Å²) in [6.45, 7) is 3.92. The molecule has 27 heavy (non-hydrogen) atoms. The molecule has 0 bridgehead atoms. The molecule has 3 amide bonds. The van der Waals surface area contributed by atoms with Gasteiger partial charge in [0.1, 0.15) is 0 Å². The molecule has 1 aromatic heterocycles. The van der Waals surface area contributed by atoms with Crippen LogP contribution in [0.25, 0.3) is 11.1 Å². The minimum atomic E-state index is -0.107. The van der Waals surface area contributed by atoms with E-state index in [1.807, 2.05) is 46.2 Å². The van der Waals surface area contributed by atoms with Gasteiger partial charge < -0.3 is 19.1 Å². The number of piperazine rings is 1. The van der Waals surface area contributed by atoms with Crippen LogP contribution in [0.2, 0.25) is 0 Å². The minimum Gasteiger partial charge on any atom is -0.459 e. The molecule has 6 heteroatoms. The largest absolute Gasteiger partial charge is 0.459 e. The standard InChI is InChI=1S/C21H25N3O3/c25-20(19-18(9-16-27-19)17-7-3-1-4-8-17)22-12-14-24(15-13-22)21(26)23-10-5-2-6-11-23/h1,3-4,7-9,16H,2,5-6,10-15H2. The van der Waals surface area contributed by atoms with Crippen LogP contribution < -0.4 is 0 Å². The Kier molecular flexibility index (Phi) is 5.14. The molecule has 6 nitrogen and oxygen atoms in total. The van der Waals surface area contributed by atoms with Crippen LogP contribution in [0, 0.1) is 0 Å². The maximum atomic E-state index is 13.0. The Labute approximate surface area is 159 Å². The fraction of sp³-hybridized carbons (Fsp3) is 0.429. The third kappa shape index (κ3) is 3.70. The van der Waals surface area contributed by atoms with Crippen molar-refractivity contribution in [1.82, 2.24) is 14.7 Å². The normalized spacial score (nSPS) is 17.9. The quantitative estimate of drug-likeness (QED) is 0.818. The predicted octanol–water partition coefficient (Wildman–Crippen LogP) is 3.31. The number of carbonyl (C=O) groups excluding carboxylic acids is 2. The van der Waals surface area contributed by atoms with E-state index in [9.17, 15) is 9.59 Å². The van der Waals surface area contributed by atoms with E-state index in [1.54, 1.807) is 11.2 Å². The number of urea groups is 1. The number of hydrogen-bond acceptors (Lipinski definition) is 3. The SMILES string of the molecule is O=C(c1occc1-c1ccccc1)N1CCN(C(=O)N2CCCCC2)CC1. The lowest BCUT2D eigenvalue weighted by Gasteiger charge is -2.38. The van der Waals surface area contributed by atoms with Gasteiger partial charge in [0.15, 0.2) is 5.76 Å². The van der Waals surface area contributed by atoms with E-state index in [1.165, 1.54) is 6.42 Å². The lowest BCUT2D eigenvalue weighted by atomic mass is 10.1. The summed E-state index contributed by atoms with van der Waals surface area (Å²) in [5.74, 6) is 0.265. The maximum Gasteiger partial charge on any atom is 0.320 e. The van der Waals surface area contributed by atoms with Gasteiger partial charge in [-0.25, -0.2) is 4.79 Å². The van der Waals surface area contributed by atoms with Crippen molar-refractivity contribution < 1.29 is 14.0 Å². The highest BCUT2D eigenvalue weighted by Gasteiger charge is 2.30. The molecule has 0 unspecified atom stereocenters. The van der Waals surface area contributed by atoms with Gasteiger partial charge in [0.25, 0.3) is 5.91 Å². The summed E-state index contributed by atoms with van der Waals surface area (Å²) in [5.41, 5.74) is 1.78. The summed E-state index contributed by atoms with van der Waals surface area (Å²) in [6.07, 6.45) is 4.94. The first-order valence-electron chi connectivity index (χ1n) is 9.70. The van der Waals surface area contributed by atoms with Gasteiger partial charge in [-0.1, -0.05) is 30.3 Å². The Hall–Kier alpha value is -2.76. The number of hydrogen-bond donors (Lipinski definition) is 0. The second-order valence-corrected chi connectivity index (χ2v) is 7.14. The molecule has 0 radical (unpaired) electrons. The van der Waals surface area contributed by atoms with Crippen molar-refractivity contribution in [3.8, 4) is 11.1 Å². The summed E-state index contributed by atoms with van der Waals surface area (Å²) in [5, 5.41) is 0. The zero-order valence-electron chi connectivity index (χ0n) is 15.5. The number of likely N-dealkylation sites (tertiary alicyclic amines) is 1. The molecule has 0 atom stereocenters. The summed E-state index contributed by atoms with van der Waals surface area (Å²) in [6, 6.07) is 11.7. The van der Waals surface area contributed by atoms with Crippen molar-refractivity contribution >= 4 is 11.9 Å². The molecule has 142 valence electrons. The lowest BCUT2D eigenvalue weighted by molar-refractivity contribution is 0.0605. The van der Waals surface area contributed by atoms with Gasteiger partial charge in [0.2, 0.25) is 0 Å². The van der Waals surface area contributed by atoms with Crippen LogP contribution in [-0.4, -0.2) is 65.9 Å². The first-order valence-corrected chi connectivity index (χ1v) is 9.70. The van der Waals surface area contributed by atoms with Gasteiger partial charge in [-0.15, -0.1) is 0 Å². The highest BCUT2D eigenvalue weighted by atomic mass is 16.3. The molecule has 0 saturated carbocycles. The molecular formula is C21H25N3O3. The molecule has 2 fully saturated rings. The van der Waals surface area contributed by atoms with Gasteiger partial charge in [0, 0.05) is 44.8 Å². The van der Waals surface area contributed by atoms with Crippen LogP contribution >= 0.6 is 0 Å². The minimum absolute atomic E-state index is 0.107. The molecule has 4 rings (SSSR count). The van der Waals surface area contributed by atoms with Crippen molar-refractivity contribution in [3.05, 3.63) is 48.4 Å². The van der Waals surface area contributed by atoms with Crippen LogP contribution in [0.4, 0.5) is 4.79 Å². The molecule has 2 saturated heterocycles. The Morgan fingerprint density at radius 3 is 2.07 bits per heavy atom. The van der Waals surface area contributed by atoms with Crippen LogP contribution in [0.1, 0.15) is 29.8 Å². The number of amides is 3. The van der Waals surface area contributed by atoms with E-state index in [0.717, 1.165) is 37.1 Å². The van der Waals surface area contributed by atoms with Gasteiger partial charge in [-0.05, 0) is 30.9 Å². The maximum absolute atomic E-state index is 13.0. The number of benzene rings is 1. The molecule has 0 N–H and O–H groups in total. The second kappa shape index (κ2) is 7.86. The molecule has 2 aliphatic heterocycles. The van der Waals surface area contributed by atoms with E-state index in [2.05, 4.69) is 0 Å². The van der Waals surface area contributed by atoms with E-state index >= 15 is 0 Å². The molecule has 2 aromatic rings. The topological polar surface area (TPSA) is 57.0 Å². The number of nitrogens with zero attached hydrogens (tertiary/aromatic N) is 3. The lowest BCUT2D eigenvalue weighted by Crippen LogP contribution is -2.54. The van der Waals surface area contributed by atoms with Crippen LogP contribution in [-0.2, 0) is 0 Å². The molecular weight excluding hydrogens is 342 g/mol. The van der Waals surface area contributed by atoms with E-state index in [-0.39, 0.29) is 11.9 Å². The Morgan fingerprint density at radius 1 is 0.741 bits per heavy atom. The average molecular weight is 367 g/mol. The number of piperidine rings is 1. The van der Waals surface area contributed by atoms with Crippen LogP contribution in [0.5, 0.6) is 0 Å². The summed E-state index contributed by atoms with van der Waals surface area (Å²) >= 11 is 0. The van der Waals surface area contributed by atoms with Crippen molar-refractivity contribution in [2.75, 3.05) is 39.3 Å². The Morgan fingerprint density at radius 2 is 1.37 bits per heavy atom. The van der Waals surface area contributed by atoms with Crippen molar-refractivity contribution in [3.63, 3.8) is 0 Å². The third-order valence-electron chi connectivity index (χ3n) is 5.41. The Bertz CT molecular complexity index is 788. The first kappa shape index (κ1) is 17.6. The van der Waals surface area contributed by atoms with E-state index in [0.29, 0.717) is 31.9 Å². The smallest absolute Gasteiger partial charge is 0.320 e. The van der Waals surface area contributed by atoms with Gasteiger partial charge in [-0.2, -0.15) is 0 Å². The number of furan rings is 1. The second-order valence-electron chi connectivity index (χ2n) is 7.14. The van der Waals surface area contributed by atoms with Crippen LogP contribution in [0.3, 0.4) is 0 Å². The monoisotopic (exact) mass is 367 g/mol. The van der Waals surface area contributed by atoms with E-state index < -0.39 is 0 Å². The van der Waals surface area contributed by atoms with Gasteiger partial charge >= 0.3 is 6.03 Å². The van der Waals surface area contributed by atoms with Gasteiger partial charge in [-0.3, -0.25) is 4.79 Å². The van der Waals surface area contributed by atoms with Crippen molar-refractivity contribution in [2.24, 2.45) is 0 Å². The molecule has 0 aliphatic carbocycles. The fourth-order valence-electron chi connectivity index (χ4n) is 3.85. The summed E-state index contributed by atoms with van der Waals surface area (Å²) < 4.78 is 5.52. The highest BCUT2D eigenvalue weighted by molar-refractivity contribution is 5.98. The highest BCUT2D eigenvalue weighted by Crippen LogP contribution is 2.26. The predicted molar refractivity (Wildman–Crippen MR) is 102 cm³/mol. The summed E-state index contributed by atoms with van der Waals surface area (Å²) in [7, 11) is 0. The molecule has 2 aliphatic rings. The van der Waals surface area contributed by atoms with Crippen molar-refractivity contribution in [2.45, 2.75) is 19.3 Å². The average Bonchev–Trinajstić information content (AvgIpc) is 3.24. The fourth-order valence-corrected chi connectivity index (χ4v) is 3.85. The number of rotatable bonds is 2. The number of carbonyl (C=O) groups is 2. The zero-order valence-corrected chi connectivity index (χ0v) is 15.5. The zero-order chi connectivity index (χ0) is 18.6. The van der Waals surface area contributed by atoms with Crippen LogP contribution in [0.15, 0.2) is 47.1 Å². The molecule has 3 heterocycles. The Balaban J connectivity index is 1.40.